The van der Waals surface area contributed by atoms with Gasteiger partial charge < -0.3 is 0 Å². The first-order chi connectivity index (χ1) is 14.7. The quantitative estimate of drug-likeness (QED) is 0.196. The van der Waals surface area contributed by atoms with Gasteiger partial charge in [-0.15, -0.1) is 0 Å². The zero-order valence-corrected chi connectivity index (χ0v) is 20.0. The fourth-order valence-corrected chi connectivity index (χ4v) is 3.70. The Morgan fingerprint density at radius 2 is 1.94 bits per heavy atom. The van der Waals surface area contributed by atoms with Crippen molar-refractivity contribution < 1.29 is 18.2 Å². The van der Waals surface area contributed by atoms with Crippen LogP contribution in [0, 0.1) is 19.7 Å². The van der Waals surface area contributed by atoms with Gasteiger partial charge in [0.2, 0.25) is 0 Å². The molecule has 0 fully saturated rings. The number of nitrogens with zero attached hydrogens (tertiary/aromatic N) is 2. The first-order valence-corrected chi connectivity index (χ1v) is 13.2. The van der Waals surface area contributed by atoms with Crippen molar-refractivity contribution in [2.24, 2.45) is 0 Å². The molecule has 3 aromatic rings. The number of hydroxylamine groups is 1. The Hall–Kier alpha value is -2.23. The number of hydrogen-bond acceptors (Lipinski definition) is 4. The molecule has 1 aromatic heterocycles. The molecule has 2 atom stereocenters. The lowest BCUT2D eigenvalue weighted by Gasteiger charge is -2.16. The van der Waals surface area contributed by atoms with Crippen LogP contribution in [0.3, 0.4) is 0 Å². The molecule has 0 saturated heterocycles. The summed E-state index contributed by atoms with van der Waals surface area (Å²) in [5.41, 5.74) is 3.99. The van der Waals surface area contributed by atoms with Crippen molar-refractivity contribution in [1.29, 1.82) is 0 Å². The Bertz CT molecular complexity index is 1220. The SMILES string of the molecule is Cc1cc(C)cc(-n2c(C(C)F)nc3cc(F)c(/C=C/C(=O)NOPI)cc3c2=O)c1. The monoisotopic (exact) mass is 557 g/mol. The summed E-state index contributed by atoms with van der Waals surface area (Å²) in [6.45, 7) is 5.06. The number of carbonyl (C=O) groups excluding carboxylic acids is 1. The van der Waals surface area contributed by atoms with Crippen molar-refractivity contribution in [3.8, 4) is 5.69 Å². The Balaban J connectivity index is 2.21. The van der Waals surface area contributed by atoms with E-state index in [4.69, 9.17) is 4.62 Å². The van der Waals surface area contributed by atoms with Gasteiger partial charge in [0.15, 0.2) is 12.0 Å². The summed E-state index contributed by atoms with van der Waals surface area (Å²) in [6, 6.07) is 7.82. The number of amides is 1. The lowest BCUT2D eigenvalue weighted by atomic mass is 10.1. The normalized spacial score (nSPS) is 12.8. The molecule has 162 valence electrons. The van der Waals surface area contributed by atoms with Crippen LogP contribution in [0.15, 0.2) is 41.2 Å². The summed E-state index contributed by atoms with van der Waals surface area (Å²) in [7, 11) is 0. The molecule has 0 bridgehead atoms. The van der Waals surface area contributed by atoms with Gasteiger partial charge in [-0.25, -0.2) is 23.9 Å². The van der Waals surface area contributed by atoms with Gasteiger partial charge in [-0.3, -0.25) is 14.2 Å². The maximum atomic E-state index is 14.6. The molecule has 10 heteroatoms. The molecule has 0 saturated carbocycles. The highest BCUT2D eigenvalue weighted by molar-refractivity contribution is 14.2. The molecule has 1 heterocycles. The summed E-state index contributed by atoms with van der Waals surface area (Å²) < 4.78 is 35.0. The number of nitrogens with one attached hydrogen (secondary N) is 1. The minimum absolute atomic E-state index is 0.0199. The Morgan fingerprint density at radius 1 is 1.26 bits per heavy atom. The third kappa shape index (κ3) is 5.34. The van der Waals surface area contributed by atoms with Crippen molar-refractivity contribution in [2.75, 3.05) is 0 Å². The minimum atomic E-state index is -1.55. The molecule has 1 amide bonds. The molecule has 1 N–H and O–H groups in total. The van der Waals surface area contributed by atoms with E-state index in [1.54, 1.807) is 12.1 Å². The number of alkyl halides is 1. The molecule has 0 radical (unpaired) electrons. The lowest BCUT2D eigenvalue weighted by Crippen LogP contribution is -2.25. The van der Waals surface area contributed by atoms with Gasteiger partial charge in [-0.2, -0.15) is 0 Å². The summed E-state index contributed by atoms with van der Waals surface area (Å²) in [5.74, 6) is -1.38. The number of carbonyl (C=O) groups is 1. The van der Waals surface area contributed by atoms with Crippen LogP contribution >= 0.6 is 28.5 Å². The average Bonchev–Trinajstić information content (AvgIpc) is 2.69. The van der Waals surface area contributed by atoms with Gasteiger partial charge in [-0.05, 0) is 78.2 Å². The third-order valence-corrected chi connectivity index (χ3v) is 5.28. The highest BCUT2D eigenvalue weighted by Gasteiger charge is 2.19. The molecular weight excluding hydrogens is 538 g/mol. The second kappa shape index (κ2) is 9.93. The lowest BCUT2D eigenvalue weighted by molar-refractivity contribution is -0.122. The molecule has 0 aliphatic heterocycles. The largest absolute Gasteiger partial charge is 0.268 e. The Morgan fingerprint density at radius 3 is 2.55 bits per heavy atom. The number of aromatic nitrogens is 2. The first kappa shape index (κ1) is 23.4. The van der Waals surface area contributed by atoms with E-state index in [9.17, 15) is 18.4 Å². The molecule has 0 spiro atoms. The maximum Gasteiger partial charge on any atom is 0.267 e. The average molecular weight is 557 g/mol. The van der Waals surface area contributed by atoms with E-state index in [2.05, 4.69) is 10.5 Å². The number of halogens is 3. The van der Waals surface area contributed by atoms with E-state index < -0.39 is 23.5 Å². The van der Waals surface area contributed by atoms with Crippen molar-refractivity contribution >= 4 is 51.4 Å². The van der Waals surface area contributed by atoms with E-state index in [1.807, 2.05) is 42.0 Å². The predicted molar refractivity (Wildman–Crippen MR) is 127 cm³/mol. The van der Waals surface area contributed by atoms with Crippen molar-refractivity contribution in [1.82, 2.24) is 15.0 Å². The van der Waals surface area contributed by atoms with Crippen LogP contribution in [0.2, 0.25) is 0 Å². The number of hydrogen-bond donors (Lipinski definition) is 1. The summed E-state index contributed by atoms with van der Waals surface area (Å²) in [4.78, 5) is 29.2. The van der Waals surface area contributed by atoms with Crippen molar-refractivity contribution in [2.45, 2.75) is 26.9 Å². The third-order valence-electron chi connectivity index (χ3n) is 4.44. The first-order valence-electron chi connectivity index (χ1n) is 9.19. The van der Waals surface area contributed by atoms with E-state index in [0.29, 0.717) is 5.69 Å². The molecule has 0 aliphatic carbocycles. The van der Waals surface area contributed by atoms with Crippen LogP contribution in [0.1, 0.15) is 35.6 Å². The molecule has 31 heavy (non-hydrogen) atoms. The van der Waals surface area contributed by atoms with Gasteiger partial charge in [0.1, 0.15) is 12.3 Å². The Kier molecular flexibility index (Phi) is 7.51. The summed E-state index contributed by atoms with van der Waals surface area (Å²) >= 11 is 1.93. The molecule has 2 aromatic carbocycles. The van der Waals surface area contributed by atoms with Gasteiger partial charge in [0.05, 0.1) is 16.6 Å². The van der Waals surface area contributed by atoms with E-state index in [0.717, 1.165) is 23.3 Å². The standard InChI is InChI=1S/C21H19F2IN3O3P/c1-11-6-12(2)8-15(7-11)27-20(13(3)22)25-18-10-17(23)14(9-16(18)21(27)29)4-5-19(28)26-30-31-24/h4-10,13,31H,1-3H3,(H,26,28)/b5-4+. The minimum Gasteiger partial charge on any atom is -0.268 e. The molecule has 6 nitrogen and oxygen atoms in total. The highest BCUT2D eigenvalue weighted by atomic mass is 127. The number of aryl methyl sites for hydroxylation is 2. The van der Waals surface area contributed by atoms with Crippen molar-refractivity contribution in [3.05, 3.63) is 75.1 Å². The zero-order chi connectivity index (χ0) is 22.7. The van der Waals surface area contributed by atoms with Gasteiger partial charge in [0.25, 0.3) is 11.5 Å². The molecule has 0 aliphatic rings. The number of benzene rings is 2. The predicted octanol–water partition coefficient (Wildman–Crippen LogP) is 5.18. The Labute approximate surface area is 192 Å². The second-order valence-electron chi connectivity index (χ2n) is 6.94. The van der Waals surface area contributed by atoms with E-state index in [1.165, 1.54) is 23.6 Å². The van der Waals surface area contributed by atoms with E-state index >= 15 is 0 Å². The van der Waals surface area contributed by atoms with Crippen molar-refractivity contribution in [3.63, 3.8) is 0 Å². The van der Waals surface area contributed by atoms with Gasteiger partial charge >= 0.3 is 0 Å². The van der Waals surface area contributed by atoms with Crippen LogP contribution in [-0.4, -0.2) is 15.5 Å². The summed E-state index contributed by atoms with van der Waals surface area (Å²) in [6.07, 6.45) is 0.771. The summed E-state index contributed by atoms with van der Waals surface area (Å²) in [5, 5.41) is 0.106. The maximum absolute atomic E-state index is 14.6. The van der Waals surface area contributed by atoms with E-state index in [-0.39, 0.29) is 28.7 Å². The smallest absolute Gasteiger partial charge is 0.267 e. The fraction of sp³-hybridized carbons (Fsp3) is 0.190. The molecular formula is C21H19F2IN3O3P. The van der Waals surface area contributed by atoms with Crippen LogP contribution in [0.25, 0.3) is 22.7 Å². The zero-order valence-electron chi connectivity index (χ0n) is 16.9. The van der Waals surface area contributed by atoms with Crippen LogP contribution in [-0.2, 0) is 9.42 Å². The van der Waals surface area contributed by atoms with Crippen LogP contribution in [0.4, 0.5) is 8.78 Å². The van der Waals surface area contributed by atoms with Gasteiger partial charge in [-0.1, -0.05) is 6.07 Å². The number of fused-ring (bicyclic) bond motifs is 1. The van der Waals surface area contributed by atoms with Gasteiger partial charge in [0, 0.05) is 17.7 Å². The number of rotatable bonds is 6. The van der Waals surface area contributed by atoms with Crippen LogP contribution < -0.4 is 11.0 Å². The second-order valence-corrected chi connectivity index (χ2v) is 8.62. The molecule has 3 rings (SSSR count). The fourth-order valence-electron chi connectivity index (χ4n) is 3.23. The van der Waals surface area contributed by atoms with Crippen LogP contribution in [0.5, 0.6) is 0 Å². The highest BCUT2D eigenvalue weighted by Crippen LogP contribution is 2.24. The topological polar surface area (TPSA) is 73.2 Å². The molecule has 2 unspecified atom stereocenters.